The monoisotopic (exact) mass is 294 g/mol. The molecule has 0 aliphatic heterocycles. The number of sulfonamides is 1. The molecule has 7 heteroatoms. The van der Waals surface area contributed by atoms with E-state index in [0.29, 0.717) is 0 Å². The zero-order valence-corrected chi connectivity index (χ0v) is 12.3. The number of aryl methyl sites for hydroxylation is 1. The Morgan fingerprint density at radius 3 is 2.50 bits per heavy atom. The van der Waals surface area contributed by atoms with Gasteiger partial charge in [0, 0.05) is 18.4 Å². The van der Waals surface area contributed by atoms with Gasteiger partial charge < -0.3 is 5.32 Å². The molecule has 0 radical (unpaired) electrons. The molecule has 0 bridgehead atoms. The van der Waals surface area contributed by atoms with Crippen LogP contribution in [0, 0.1) is 6.92 Å². The van der Waals surface area contributed by atoms with Gasteiger partial charge in [-0.15, -0.1) is 0 Å². The topological polar surface area (TPSA) is 76.0 Å². The average molecular weight is 294 g/mol. The van der Waals surface area contributed by atoms with Crippen LogP contribution in [0.5, 0.6) is 0 Å². The number of benzene rings is 1. The minimum atomic E-state index is -3.37. The first-order valence-electron chi connectivity index (χ1n) is 6.28. The van der Waals surface area contributed by atoms with Crippen LogP contribution in [-0.2, 0) is 16.6 Å². The zero-order chi connectivity index (χ0) is 14.6. The maximum absolute atomic E-state index is 11.6. The van der Waals surface area contributed by atoms with Gasteiger partial charge in [-0.2, -0.15) is 5.10 Å². The predicted molar refractivity (Wildman–Crippen MR) is 78.1 cm³/mol. The fourth-order valence-corrected chi connectivity index (χ4v) is 2.50. The van der Waals surface area contributed by atoms with Crippen molar-refractivity contribution >= 4 is 15.7 Å². The van der Waals surface area contributed by atoms with Gasteiger partial charge in [0.25, 0.3) is 0 Å². The van der Waals surface area contributed by atoms with Gasteiger partial charge in [-0.25, -0.2) is 13.1 Å². The zero-order valence-electron chi connectivity index (χ0n) is 11.5. The second-order valence-corrected chi connectivity index (χ2v) is 6.33. The van der Waals surface area contributed by atoms with Gasteiger partial charge in [0.2, 0.25) is 10.0 Å². The van der Waals surface area contributed by atoms with E-state index in [-0.39, 0.29) is 4.90 Å². The molecule has 20 heavy (non-hydrogen) atoms. The largest absolute Gasteiger partial charge is 0.383 e. The van der Waals surface area contributed by atoms with Crippen molar-refractivity contribution in [3.63, 3.8) is 0 Å². The summed E-state index contributed by atoms with van der Waals surface area (Å²) in [6, 6.07) is 6.65. The molecule has 0 aliphatic rings. The molecule has 0 amide bonds. The van der Waals surface area contributed by atoms with Gasteiger partial charge in [0.15, 0.2) is 0 Å². The van der Waals surface area contributed by atoms with E-state index in [1.54, 1.807) is 24.3 Å². The van der Waals surface area contributed by atoms with Gasteiger partial charge in [-0.05, 0) is 43.8 Å². The summed E-state index contributed by atoms with van der Waals surface area (Å²) in [4.78, 5) is 0.258. The van der Waals surface area contributed by atoms with Crippen LogP contribution in [0.15, 0.2) is 41.6 Å². The molecule has 0 fully saturated rings. The van der Waals surface area contributed by atoms with Crippen molar-refractivity contribution in [2.45, 2.75) is 18.4 Å². The summed E-state index contributed by atoms with van der Waals surface area (Å²) in [5, 5.41) is 7.42. The van der Waals surface area contributed by atoms with Crippen LogP contribution in [0.1, 0.15) is 5.56 Å². The molecule has 0 spiro atoms. The number of nitrogens with zero attached hydrogens (tertiary/aromatic N) is 2. The van der Waals surface area contributed by atoms with Gasteiger partial charge in [0.05, 0.1) is 17.6 Å². The Bertz CT molecular complexity index is 662. The van der Waals surface area contributed by atoms with E-state index in [1.165, 1.54) is 7.05 Å². The first-order chi connectivity index (χ1) is 9.51. The van der Waals surface area contributed by atoms with Crippen LogP contribution < -0.4 is 10.0 Å². The summed E-state index contributed by atoms with van der Waals surface area (Å²) in [5.74, 6) is 0. The Labute approximate surface area is 118 Å². The van der Waals surface area contributed by atoms with Crippen LogP contribution in [0.4, 0.5) is 5.69 Å². The van der Waals surface area contributed by atoms with E-state index in [4.69, 9.17) is 0 Å². The lowest BCUT2D eigenvalue weighted by Crippen LogP contribution is -2.18. The molecule has 0 unspecified atom stereocenters. The summed E-state index contributed by atoms with van der Waals surface area (Å²) >= 11 is 0. The minimum Gasteiger partial charge on any atom is -0.383 e. The number of aromatic nitrogens is 2. The quantitative estimate of drug-likeness (QED) is 0.839. The van der Waals surface area contributed by atoms with Crippen molar-refractivity contribution in [3.05, 3.63) is 42.2 Å². The molecule has 0 atom stereocenters. The molecular weight excluding hydrogens is 276 g/mol. The van der Waals surface area contributed by atoms with E-state index < -0.39 is 10.0 Å². The highest BCUT2D eigenvalue weighted by molar-refractivity contribution is 7.89. The third kappa shape index (κ3) is 3.58. The SMILES string of the molecule is CNS(=O)(=O)c1ccc(NCCn2cc(C)cn2)cc1. The summed E-state index contributed by atoms with van der Waals surface area (Å²) in [6.07, 6.45) is 3.79. The fourth-order valence-electron chi connectivity index (χ4n) is 1.77. The molecule has 6 nitrogen and oxygen atoms in total. The van der Waals surface area contributed by atoms with Crippen molar-refractivity contribution in [3.8, 4) is 0 Å². The molecule has 1 aromatic heterocycles. The van der Waals surface area contributed by atoms with Gasteiger partial charge >= 0.3 is 0 Å². The average Bonchev–Trinajstić information content (AvgIpc) is 2.85. The normalized spacial score (nSPS) is 11.5. The highest BCUT2D eigenvalue weighted by atomic mass is 32.2. The van der Waals surface area contributed by atoms with Crippen molar-refractivity contribution in [2.75, 3.05) is 18.9 Å². The minimum absolute atomic E-state index is 0.258. The van der Waals surface area contributed by atoms with Crippen LogP contribution >= 0.6 is 0 Å². The summed E-state index contributed by atoms with van der Waals surface area (Å²) in [7, 11) is -1.97. The van der Waals surface area contributed by atoms with E-state index >= 15 is 0 Å². The maximum atomic E-state index is 11.6. The van der Waals surface area contributed by atoms with Crippen LogP contribution in [-0.4, -0.2) is 31.8 Å². The third-order valence-corrected chi connectivity index (χ3v) is 4.30. The first-order valence-corrected chi connectivity index (χ1v) is 7.76. The lowest BCUT2D eigenvalue weighted by molar-refractivity contribution is 0.588. The molecule has 2 aromatic rings. The highest BCUT2D eigenvalue weighted by Crippen LogP contribution is 2.13. The lowest BCUT2D eigenvalue weighted by Gasteiger charge is -2.08. The highest BCUT2D eigenvalue weighted by Gasteiger charge is 2.09. The molecule has 1 heterocycles. The van der Waals surface area contributed by atoms with Crippen molar-refractivity contribution < 1.29 is 8.42 Å². The summed E-state index contributed by atoms with van der Waals surface area (Å²) < 4.78 is 27.3. The van der Waals surface area contributed by atoms with Gasteiger partial charge in [-0.1, -0.05) is 0 Å². The Morgan fingerprint density at radius 1 is 1.25 bits per heavy atom. The van der Waals surface area contributed by atoms with Gasteiger partial charge in [0.1, 0.15) is 0 Å². The van der Waals surface area contributed by atoms with E-state index in [2.05, 4.69) is 15.1 Å². The second-order valence-electron chi connectivity index (χ2n) is 4.44. The van der Waals surface area contributed by atoms with Gasteiger partial charge in [-0.3, -0.25) is 4.68 Å². The number of anilines is 1. The molecular formula is C13H18N4O2S. The molecule has 1 aromatic carbocycles. The summed E-state index contributed by atoms with van der Waals surface area (Å²) in [5.41, 5.74) is 2.01. The lowest BCUT2D eigenvalue weighted by atomic mass is 10.3. The van der Waals surface area contributed by atoms with E-state index in [1.807, 2.05) is 24.0 Å². The standard InChI is InChI=1S/C13H18N4O2S/c1-11-9-16-17(10-11)8-7-15-12-3-5-13(6-4-12)20(18,19)14-2/h3-6,9-10,14-15H,7-8H2,1-2H3. The Hall–Kier alpha value is -1.86. The Kier molecular flexibility index (Phi) is 4.41. The molecule has 2 N–H and O–H groups in total. The predicted octanol–water partition coefficient (Wildman–Crippen LogP) is 1.21. The fraction of sp³-hybridized carbons (Fsp3) is 0.308. The summed E-state index contributed by atoms with van der Waals surface area (Å²) in [6.45, 7) is 3.47. The van der Waals surface area contributed by atoms with Crippen LogP contribution in [0.25, 0.3) is 0 Å². The van der Waals surface area contributed by atoms with E-state index in [0.717, 1.165) is 24.3 Å². The maximum Gasteiger partial charge on any atom is 0.240 e. The molecule has 108 valence electrons. The smallest absolute Gasteiger partial charge is 0.240 e. The Balaban J connectivity index is 1.91. The number of nitrogens with one attached hydrogen (secondary N) is 2. The first kappa shape index (κ1) is 14.5. The van der Waals surface area contributed by atoms with Crippen molar-refractivity contribution in [1.82, 2.24) is 14.5 Å². The van der Waals surface area contributed by atoms with Crippen molar-refractivity contribution in [1.29, 1.82) is 0 Å². The Morgan fingerprint density at radius 2 is 1.95 bits per heavy atom. The van der Waals surface area contributed by atoms with E-state index in [9.17, 15) is 8.42 Å². The van der Waals surface area contributed by atoms with Crippen molar-refractivity contribution in [2.24, 2.45) is 0 Å². The number of hydrogen-bond donors (Lipinski definition) is 2. The second kappa shape index (κ2) is 6.06. The molecule has 2 rings (SSSR count). The van der Waals surface area contributed by atoms with Crippen LogP contribution in [0.3, 0.4) is 0 Å². The third-order valence-electron chi connectivity index (χ3n) is 2.87. The number of rotatable bonds is 6. The number of hydrogen-bond acceptors (Lipinski definition) is 4. The molecule has 0 saturated heterocycles. The molecule has 0 saturated carbocycles. The van der Waals surface area contributed by atoms with Crippen LogP contribution in [0.2, 0.25) is 0 Å². The molecule has 0 aliphatic carbocycles.